The fourth-order valence-electron chi connectivity index (χ4n) is 2.22. The number of pyridine rings is 1. The summed E-state index contributed by atoms with van der Waals surface area (Å²) in [4.78, 5) is 11.3. The maximum atomic E-state index is 12.4. The predicted molar refractivity (Wildman–Crippen MR) is 81.3 cm³/mol. The molecule has 0 saturated carbocycles. The number of H-pyrrole nitrogens is 1. The molecule has 1 aliphatic rings. The van der Waals surface area contributed by atoms with E-state index in [1.807, 2.05) is 6.07 Å². The average Bonchev–Trinajstić information content (AvgIpc) is 3.08. The summed E-state index contributed by atoms with van der Waals surface area (Å²) in [5, 5.41) is 0.427. The normalized spacial score (nSPS) is 17.8. The van der Waals surface area contributed by atoms with E-state index in [-0.39, 0.29) is 0 Å². The van der Waals surface area contributed by atoms with E-state index >= 15 is 0 Å². The van der Waals surface area contributed by atoms with Crippen molar-refractivity contribution in [2.45, 2.75) is 16.7 Å². The maximum absolute atomic E-state index is 12.4. The van der Waals surface area contributed by atoms with E-state index in [1.54, 1.807) is 30.6 Å². The molecule has 0 bridgehead atoms. The van der Waals surface area contributed by atoms with Crippen LogP contribution in [-0.4, -0.2) is 24.9 Å². The summed E-state index contributed by atoms with van der Waals surface area (Å²) in [5.41, 5.74) is 2.36. The summed E-state index contributed by atoms with van der Waals surface area (Å²) in [5.74, 6) is 0.655. The second-order valence-corrected chi connectivity index (χ2v) is 6.44. The molecular weight excluding hydrogens is 326 g/mol. The van der Waals surface area contributed by atoms with Crippen LogP contribution in [0.15, 0.2) is 41.8 Å². The zero-order valence-corrected chi connectivity index (χ0v) is 12.7. The van der Waals surface area contributed by atoms with Crippen molar-refractivity contribution in [2.24, 2.45) is 0 Å². The van der Waals surface area contributed by atoms with Gasteiger partial charge in [-0.05, 0) is 35.4 Å². The average molecular weight is 336 g/mol. The van der Waals surface area contributed by atoms with E-state index in [4.69, 9.17) is 21.1 Å². The minimum atomic E-state index is -1.30. The number of aromatic amines is 1. The predicted octanol–water partition coefficient (Wildman–Crippen LogP) is 2.56. The van der Waals surface area contributed by atoms with E-state index in [0.29, 0.717) is 22.4 Å². The molecule has 0 aliphatic carbocycles. The van der Waals surface area contributed by atoms with Crippen LogP contribution in [0.1, 0.15) is 5.56 Å². The van der Waals surface area contributed by atoms with Gasteiger partial charge in [0.25, 0.3) is 0 Å². The van der Waals surface area contributed by atoms with Crippen LogP contribution >= 0.6 is 11.6 Å². The Labute approximate surface area is 132 Å². The quantitative estimate of drug-likeness (QED) is 0.744. The number of hydrogen-bond acceptors (Lipinski definition) is 5. The number of fused-ring (bicyclic) bond motifs is 2. The van der Waals surface area contributed by atoms with Gasteiger partial charge in [0.05, 0.1) is 33.8 Å². The van der Waals surface area contributed by atoms with Gasteiger partial charge in [0.1, 0.15) is 0 Å². The van der Waals surface area contributed by atoms with Gasteiger partial charge in [-0.3, -0.25) is 9.19 Å². The molecule has 2 unspecified atom stereocenters. The largest absolute Gasteiger partial charge is 0.438 e. The first-order chi connectivity index (χ1) is 10.7. The molecule has 2 atom stereocenters. The maximum Gasteiger partial charge on any atom is 0.322 e. The second-order valence-electron chi connectivity index (χ2n) is 4.72. The summed E-state index contributed by atoms with van der Waals surface area (Å²) >= 11 is 5.75. The number of nitrogens with zero attached hydrogens (tertiary/aromatic N) is 2. The van der Waals surface area contributed by atoms with Gasteiger partial charge in [0.2, 0.25) is 0 Å². The molecule has 2 aromatic heterocycles. The number of ether oxygens (including phenoxy) is 2. The van der Waals surface area contributed by atoms with Crippen molar-refractivity contribution >= 4 is 33.4 Å². The van der Waals surface area contributed by atoms with Crippen molar-refractivity contribution in [3.63, 3.8) is 0 Å². The number of nitrogens with one attached hydrogen (secondary N) is 1. The Morgan fingerprint density at radius 3 is 3.00 bits per heavy atom. The van der Waals surface area contributed by atoms with Crippen LogP contribution in [0, 0.1) is 0 Å². The first-order valence-electron chi connectivity index (χ1n) is 6.47. The molecule has 1 N–H and O–H groups in total. The third-order valence-corrected chi connectivity index (χ3v) is 4.62. The Morgan fingerprint density at radius 1 is 1.27 bits per heavy atom. The zero-order chi connectivity index (χ0) is 15.1. The van der Waals surface area contributed by atoms with Gasteiger partial charge in [-0.2, -0.15) is 0 Å². The van der Waals surface area contributed by atoms with E-state index in [1.165, 1.54) is 0 Å². The standard InChI is InChI=1S/C14H10ClN3O3S/c15-13-20-11-2-1-8(5-12(11)21-13)7-22(19)14-17-9-3-4-16-6-10(9)18-14/h1-6,13H,7H2,(H,17,18). The lowest BCUT2D eigenvalue weighted by molar-refractivity contribution is 0.128. The van der Waals surface area contributed by atoms with Gasteiger partial charge in [-0.15, -0.1) is 0 Å². The van der Waals surface area contributed by atoms with Crippen molar-refractivity contribution in [1.82, 2.24) is 15.0 Å². The molecule has 3 heterocycles. The number of hydrogen-bond donors (Lipinski definition) is 1. The van der Waals surface area contributed by atoms with Crippen molar-refractivity contribution in [3.05, 3.63) is 42.2 Å². The molecule has 112 valence electrons. The Bertz CT molecular complexity index is 850. The van der Waals surface area contributed by atoms with Gasteiger partial charge in [0.15, 0.2) is 16.7 Å². The summed E-state index contributed by atoms with van der Waals surface area (Å²) in [7, 11) is -1.30. The molecule has 0 radical (unpaired) electrons. The highest BCUT2D eigenvalue weighted by molar-refractivity contribution is 7.84. The van der Waals surface area contributed by atoms with E-state index < -0.39 is 16.5 Å². The smallest absolute Gasteiger partial charge is 0.322 e. The fourth-order valence-corrected chi connectivity index (χ4v) is 3.45. The molecule has 0 fully saturated rings. The molecule has 4 rings (SSSR count). The Hall–Kier alpha value is -2.12. The molecule has 0 spiro atoms. The topological polar surface area (TPSA) is 77.1 Å². The van der Waals surface area contributed by atoms with Gasteiger partial charge in [0, 0.05) is 6.20 Å². The number of aromatic nitrogens is 3. The first-order valence-corrected chi connectivity index (χ1v) is 8.23. The summed E-state index contributed by atoms with van der Waals surface area (Å²) in [6.45, 7) is 0. The van der Waals surface area contributed by atoms with Crippen molar-refractivity contribution < 1.29 is 13.7 Å². The molecule has 1 aliphatic heterocycles. The molecule has 3 aromatic rings. The summed E-state index contributed by atoms with van der Waals surface area (Å²) in [6.07, 6.45) is 3.31. The summed E-state index contributed by atoms with van der Waals surface area (Å²) in [6, 6.07) is 7.14. The third kappa shape index (κ3) is 2.42. The minimum absolute atomic E-state index is 0.316. The number of alkyl halides is 1. The molecule has 22 heavy (non-hydrogen) atoms. The van der Waals surface area contributed by atoms with Crippen molar-refractivity contribution in [3.8, 4) is 11.5 Å². The van der Waals surface area contributed by atoms with Crippen LogP contribution in [0.3, 0.4) is 0 Å². The molecule has 1 aromatic carbocycles. The van der Waals surface area contributed by atoms with Crippen molar-refractivity contribution in [1.29, 1.82) is 0 Å². The van der Waals surface area contributed by atoms with Crippen LogP contribution < -0.4 is 9.47 Å². The van der Waals surface area contributed by atoms with Crippen LogP contribution in [-0.2, 0) is 16.6 Å². The highest BCUT2D eigenvalue weighted by Gasteiger charge is 2.22. The Balaban J connectivity index is 1.58. The number of benzene rings is 1. The van der Waals surface area contributed by atoms with Gasteiger partial charge >= 0.3 is 5.75 Å². The van der Waals surface area contributed by atoms with Gasteiger partial charge < -0.3 is 14.5 Å². The number of imidazole rings is 1. The van der Waals surface area contributed by atoms with Gasteiger partial charge in [-0.1, -0.05) is 6.07 Å². The lowest BCUT2D eigenvalue weighted by atomic mass is 10.2. The third-order valence-electron chi connectivity index (χ3n) is 3.22. The molecule has 6 nitrogen and oxygen atoms in total. The van der Waals surface area contributed by atoms with Gasteiger partial charge in [-0.25, -0.2) is 4.98 Å². The molecule has 8 heteroatoms. The zero-order valence-electron chi connectivity index (χ0n) is 11.2. The SMILES string of the molecule is O=S(Cc1ccc2c(c1)OC(Cl)O2)c1nc2ccncc2[nH]1. The van der Waals surface area contributed by atoms with Crippen LogP contribution in [0.25, 0.3) is 11.0 Å². The van der Waals surface area contributed by atoms with Crippen LogP contribution in [0.4, 0.5) is 0 Å². The lowest BCUT2D eigenvalue weighted by Gasteiger charge is -2.01. The fraction of sp³-hybridized carbons (Fsp3) is 0.143. The molecular formula is C14H10ClN3O3S. The van der Waals surface area contributed by atoms with Crippen LogP contribution in [0.2, 0.25) is 0 Å². The van der Waals surface area contributed by atoms with E-state index in [9.17, 15) is 4.21 Å². The minimum Gasteiger partial charge on any atom is -0.438 e. The Kier molecular flexibility index (Phi) is 3.24. The number of halogens is 1. The second kappa shape index (κ2) is 5.26. The highest BCUT2D eigenvalue weighted by atomic mass is 35.5. The monoisotopic (exact) mass is 335 g/mol. The highest BCUT2D eigenvalue weighted by Crippen LogP contribution is 2.36. The Morgan fingerprint density at radius 2 is 2.14 bits per heavy atom. The first kappa shape index (κ1) is 13.5. The molecule has 0 amide bonds. The lowest BCUT2D eigenvalue weighted by Crippen LogP contribution is -2.07. The summed E-state index contributed by atoms with van der Waals surface area (Å²) < 4.78 is 23.0. The van der Waals surface area contributed by atoms with E-state index in [2.05, 4.69) is 15.0 Å². The van der Waals surface area contributed by atoms with E-state index in [0.717, 1.165) is 16.6 Å². The molecule has 0 saturated heterocycles. The van der Waals surface area contributed by atoms with Crippen molar-refractivity contribution in [2.75, 3.05) is 0 Å². The number of rotatable bonds is 3. The van der Waals surface area contributed by atoms with Crippen LogP contribution in [0.5, 0.6) is 11.5 Å².